The lowest BCUT2D eigenvalue weighted by molar-refractivity contribution is 0.628. The number of hydrogen-bond acceptors (Lipinski definition) is 1. The Morgan fingerprint density at radius 3 is 2.60 bits per heavy atom. The summed E-state index contributed by atoms with van der Waals surface area (Å²) >= 11 is 5.52. The molecule has 3 heteroatoms. The van der Waals surface area contributed by atoms with E-state index in [4.69, 9.17) is 17.3 Å². The van der Waals surface area contributed by atoms with Gasteiger partial charge in [0.25, 0.3) is 0 Å². The van der Waals surface area contributed by atoms with Crippen LogP contribution in [-0.2, 0) is 0 Å². The molecule has 0 saturated heterocycles. The molecule has 0 aliphatic rings. The van der Waals surface area contributed by atoms with Crippen molar-refractivity contribution in [2.45, 2.75) is 6.92 Å². The van der Waals surface area contributed by atoms with E-state index in [1.807, 2.05) is 0 Å². The maximum atomic E-state index is 12.6. The van der Waals surface area contributed by atoms with E-state index in [2.05, 4.69) is 0 Å². The quantitative estimate of drug-likeness (QED) is 0.578. The molecule has 0 spiro atoms. The van der Waals surface area contributed by atoms with Crippen LogP contribution < -0.4 is 5.73 Å². The number of nitrogen functional groups attached to an aromatic ring is 1. The van der Waals surface area contributed by atoms with Crippen LogP contribution in [0, 0.1) is 12.7 Å². The third-order valence-electron chi connectivity index (χ3n) is 1.23. The van der Waals surface area contributed by atoms with Gasteiger partial charge in [0.2, 0.25) is 0 Å². The summed E-state index contributed by atoms with van der Waals surface area (Å²) in [7, 11) is 0. The first-order valence-electron chi connectivity index (χ1n) is 2.82. The van der Waals surface area contributed by atoms with Crippen molar-refractivity contribution in [3.63, 3.8) is 0 Å². The van der Waals surface area contributed by atoms with Crippen molar-refractivity contribution >= 4 is 17.3 Å². The first-order chi connectivity index (χ1) is 4.61. The number of anilines is 1. The highest BCUT2D eigenvalue weighted by Crippen LogP contribution is 2.21. The van der Waals surface area contributed by atoms with E-state index in [0.29, 0.717) is 11.3 Å². The second-order valence-corrected chi connectivity index (χ2v) is 2.51. The van der Waals surface area contributed by atoms with E-state index in [0.717, 1.165) is 0 Å². The Hall–Kier alpha value is -0.760. The molecule has 1 aromatic carbocycles. The fourth-order valence-corrected chi connectivity index (χ4v) is 0.862. The van der Waals surface area contributed by atoms with Gasteiger partial charge in [0.1, 0.15) is 5.82 Å². The van der Waals surface area contributed by atoms with Crippen molar-refractivity contribution < 1.29 is 4.39 Å². The van der Waals surface area contributed by atoms with Crippen LogP contribution in [0.25, 0.3) is 0 Å². The molecule has 1 nitrogen and oxygen atoms in total. The second-order valence-electron chi connectivity index (χ2n) is 2.13. The molecular weight excluding hydrogens is 153 g/mol. The summed E-state index contributed by atoms with van der Waals surface area (Å²) in [5.74, 6) is -0.459. The number of hydrogen-bond donors (Lipinski definition) is 1. The normalized spacial score (nSPS) is 9.90. The molecule has 0 amide bonds. The lowest BCUT2D eigenvalue weighted by atomic mass is 10.2. The molecule has 0 aliphatic carbocycles. The van der Waals surface area contributed by atoms with Crippen LogP contribution >= 0.6 is 11.6 Å². The first-order valence-corrected chi connectivity index (χ1v) is 3.20. The van der Waals surface area contributed by atoms with Gasteiger partial charge in [-0.05, 0) is 24.6 Å². The Kier molecular flexibility index (Phi) is 1.81. The third kappa shape index (κ3) is 1.21. The van der Waals surface area contributed by atoms with Crippen molar-refractivity contribution in [3.05, 3.63) is 28.5 Å². The van der Waals surface area contributed by atoms with E-state index in [-0.39, 0.29) is 5.02 Å². The van der Waals surface area contributed by atoms with Crippen molar-refractivity contribution in [1.82, 2.24) is 0 Å². The fourth-order valence-electron chi connectivity index (χ4n) is 0.753. The zero-order valence-corrected chi connectivity index (χ0v) is 6.24. The minimum absolute atomic E-state index is 0.147. The van der Waals surface area contributed by atoms with Gasteiger partial charge < -0.3 is 5.73 Å². The molecule has 0 radical (unpaired) electrons. The van der Waals surface area contributed by atoms with E-state index < -0.39 is 5.82 Å². The van der Waals surface area contributed by atoms with Gasteiger partial charge in [0, 0.05) is 5.69 Å². The average molecular weight is 160 g/mol. The van der Waals surface area contributed by atoms with Gasteiger partial charge in [-0.25, -0.2) is 4.39 Å². The van der Waals surface area contributed by atoms with Crippen LogP contribution in [0.5, 0.6) is 0 Å². The van der Waals surface area contributed by atoms with Crippen LogP contribution in [0.1, 0.15) is 5.56 Å². The van der Waals surface area contributed by atoms with Crippen molar-refractivity contribution in [3.8, 4) is 0 Å². The fraction of sp³-hybridized carbons (Fsp3) is 0.143. The first kappa shape index (κ1) is 7.35. The lowest BCUT2D eigenvalue weighted by Gasteiger charge is -1.99. The molecule has 1 rings (SSSR count). The summed E-state index contributed by atoms with van der Waals surface area (Å²) in [6, 6.07) is 2.83. The van der Waals surface area contributed by atoms with Crippen LogP contribution in [-0.4, -0.2) is 0 Å². The predicted octanol–water partition coefficient (Wildman–Crippen LogP) is 2.37. The molecular formula is C7H7ClFN. The molecule has 0 heterocycles. The van der Waals surface area contributed by atoms with Crippen LogP contribution in [0.2, 0.25) is 5.02 Å². The molecule has 0 saturated carbocycles. The van der Waals surface area contributed by atoms with E-state index in [9.17, 15) is 4.39 Å². The minimum atomic E-state index is -0.459. The molecule has 0 fully saturated rings. The maximum absolute atomic E-state index is 12.6. The van der Waals surface area contributed by atoms with Gasteiger partial charge >= 0.3 is 0 Å². The standard InChI is InChI=1S/C7H7ClFN/c1-4-2-5(10)3-6(9)7(4)8/h2-3H,10H2,1H3. The third-order valence-corrected chi connectivity index (χ3v) is 1.71. The van der Waals surface area contributed by atoms with Gasteiger partial charge in [0.05, 0.1) is 5.02 Å². The average Bonchev–Trinajstić information content (AvgIpc) is 1.82. The highest BCUT2D eigenvalue weighted by Gasteiger charge is 2.02. The highest BCUT2D eigenvalue weighted by molar-refractivity contribution is 6.31. The van der Waals surface area contributed by atoms with Gasteiger partial charge in [-0.15, -0.1) is 0 Å². The summed E-state index contributed by atoms with van der Waals surface area (Å²) in [5.41, 5.74) is 6.40. The predicted molar refractivity (Wildman–Crippen MR) is 40.6 cm³/mol. The molecule has 10 heavy (non-hydrogen) atoms. The molecule has 0 aliphatic heterocycles. The lowest BCUT2D eigenvalue weighted by Crippen LogP contribution is -1.89. The molecule has 0 bridgehead atoms. The Bertz CT molecular complexity index is 237. The number of rotatable bonds is 0. The van der Waals surface area contributed by atoms with E-state index >= 15 is 0 Å². The van der Waals surface area contributed by atoms with Crippen molar-refractivity contribution in [2.75, 3.05) is 5.73 Å². The number of aryl methyl sites for hydroxylation is 1. The largest absolute Gasteiger partial charge is 0.399 e. The summed E-state index contributed by atoms with van der Waals surface area (Å²) < 4.78 is 12.6. The monoisotopic (exact) mass is 159 g/mol. The van der Waals surface area contributed by atoms with Gasteiger partial charge in [-0.1, -0.05) is 11.6 Å². The van der Waals surface area contributed by atoms with Crippen molar-refractivity contribution in [1.29, 1.82) is 0 Å². The van der Waals surface area contributed by atoms with Gasteiger partial charge in [0.15, 0.2) is 0 Å². The highest BCUT2D eigenvalue weighted by atomic mass is 35.5. The zero-order valence-electron chi connectivity index (χ0n) is 5.49. The summed E-state index contributed by atoms with van der Waals surface area (Å²) in [4.78, 5) is 0. The van der Waals surface area contributed by atoms with Crippen LogP contribution in [0.4, 0.5) is 10.1 Å². The Labute approximate surface area is 63.6 Å². The molecule has 0 atom stereocenters. The Morgan fingerprint density at radius 1 is 1.50 bits per heavy atom. The zero-order chi connectivity index (χ0) is 7.72. The SMILES string of the molecule is Cc1cc(N)cc(F)c1Cl. The maximum Gasteiger partial charge on any atom is 0.144 e. The molecule has 2 N–H and O–H groups in total. The molecule has 1 aromatic rings. The number of benzene rings is 1. The Balaban J connectivity index is 3.31. The summed E-state index contributed by atoms with van der Waals surface area (Å²) in [6.45, 7) is 1.71. The number of halogens is 2. The molecule has 0 aromatic heterocycles. The van der Waals surface area contributed by atoms with Gasteiger partial charge in [-0.2, -0.15) is 0 Å². The van der Waals surface area contributed by atoms with E-state index in [1.54, 1.807) is 13.0 Å². The number of nitrogens with two attached hydrogens (primary N) is 1. The van der Waals surface area contributed by atoms with Gasteiger partial charge in [-0.3, -0.25) is 0 Å². The molecule has 0 unspecified atom stereocenters. The second kappa shape index (κ2) is 2.46. The van der Waals surface area contributed by atoms with Crippen LogP contribution in [0.15, 0.2) is 12.1 Å². The summed E-state index contributed by atoms with van der Waals surface area (Å²) in [6.07, 6.45) is 0. The van der Waals surface area contributed by atoms with Crippen molar-refractivity contribution in [2.24, 2.45) is 0 Å². The van der Waals surface area contributed by atoms with Crippen LogP contribution in [0.3, 0.4) is 0 Å². The van der Waals surface area contributed by atoms with E-state index in [1.165, 1.54) is 6.07 Å². The smallest absolute Gasteiger partial charge is 0.144 e. The molecule has 54 valence electrons. The topological polar surface area (TPSA) is 26.0 Å². The minimum Gasteiger partial charge on any atom is -0.399 e. The Morgan fingerprint density at radius 2 is 2.10 bits per heavy atom. The summed E-state index contributed by atoms with van der Waals surface area (Å²) in [5, 5.41) is 0.147.